The molecule has 0 saturated carbocycles. The van der Waals surface area contributed by atoms with Crippen LogP contribution in [0.1, 0.15) is 34.3 Å². The van der Waals surface area contributed by atoms with Crippen molar-refractivity contribution in [3.63, 3.8) is 0 Å². The van der Waals surface area contributed by atoms with E-state index < -0.39 is 21.8 Å². The van der Waals surface area contributed by atoms with Gasteiger partial charge in [-0.1, -0.05) is 6.07 Å². The van der Waals surface area contributed by atoms with Gasteiger partial charge in [0.1, 0.15) is 5.75 Å². The molecule has 1 fully saturated rings. The average molecular weight is 432 g/mol. The fraction of sp³-hybridized carbons (Fsp3) is 0.333. The molecule has 2 aromatic rings. The second-order valence-corrected chi connectivity index (χ2v) is 9.19. The molecule has 160 valence electrons. The van der Waals surface area contributed by atoms with Crippen LogP contribution in [0.5, 0.6) is 5.75 Å². The molecule has 3 rings (SSSR count). The van der Waals surface area contributed by atoms with E-state index in [0.29, 0.717) is 18.8 Å². The molecule has 30 heavy (non-hydrogen) atoms. The van der Waals surface area contributed by atoms with Crippen molar-refractivity contribution in [3.8, 4) is 5.75 Å². The number of benzene rings is 2. The van der Waals surface area contributed by atoms with E-state index >= 15 is 0 Å². The molecular formula is C21H25N3O5S. The van der Waals surface area contributed by atoms with Gasteiger partial charge < -0.3 is 4.74 Å². The summed E-state index contributed by atoms with van der Waals surface area (Å²) in [5.41, 5.74) is 6.84. The number of nitrogens with zero attached hydrogens (tertiary/aromatic N) is 1. The molecule has 0 bridgehead atoms. The van der Waals surface area contributed by atoms with E-state index in [1.807, 2.05) is 32.0 Å². The van der Waals surface area contributed by atoms with Gasteiger partial charge in [0, 0.05) is 18.7 Å². The maximum Gasteiger partial charge on any atom is 0.276 e. The Morgan fingerprint density at radius 1 is 0.967 bits per heavy atom. The Morgan fingerprint density at radius 2 is 1.57 bits per heavy atom. The van der Waals surface area contributed by atoms with Crippen LogP contribution in [0.25, 0.3) is 0 Å². The van der Waals surface area contributed by atoms with Gasteiger partial charge in [-0.3, -0.25) is 20.4 Å². The molecule has 8 nitrogen and oxygen atoms in total. The molecular weight excluding hydrogens is 406 g/mol. The van der Waals surface area contributed by atoms with E-state index in [1.54, 1.807) is 0 Å². The Balaban J connectivity index is 1.51. The predicted molar refractivity (Wildman–Crippen MR) is 111 cm³/mol. The lowest BCUT2D eigenvalue weighted by Gasteiger charge is -2.15. The van der Waals surface area contributed by atoms with Gasteiger partial charge in [-0.05, 0) is 74.2 Å². The maximum absolute atomic E-state index is 12.5. The minimum absolute atomic E-state index is 0.145. The third-order valence-electron chi connectivity index (χ3n) is 4.70. The van der Waals surface area contributed by atoms with Crippen LogP contribution >= 0.6 is 0 Å². The van der Waals surface area contributed by atoms with Gasteiger partial charge in [0.15, 0.2) is 6.61 Å². The minimum Gasteiger partial charge on any atom is -0.484 e. The maximum atomic E-state index is 12.5. The van der Waals surface area contributed by atoms with Crippen LogP contribution in [0.4, 0.5) is 0 Å². The highest BCUT2D eigenvalue weighted by Crippen LogP contribution is 2.21. The molecule has 1 aliphatic rings. The zero-order valence-electron chi connectivity index (χ0n) is 17.0. The molecule has 2 amide bonds. The summed E-state index contributed by atoms with van der Waals surface area (Å²) in [6.07, 6.45) is 1.71. The smallest absolute Gasteiger partial charge is 0.276 e. The first-order valence-corrected chi connectivity index (χ1v) is 11.1. The van der Waals surface area contributed by atoms with Crippen molar-refractivity contribution in [2.45, 2.75) is 31.6 Å². The van der Waals surface area contributed by atoms with Crippen LogP contribution in [-0.2, 0) is 14.8 Å². The second kappa shape index (κ2) is 9.27. The quantitative estimate of drug-likeness (QED) is 0.680. The average Bonchev–Trinajstić information content (AvgIpc) is 3.25. The van der Waals surface area contributed by atoms with Crippen LogP contribution < -0.4 is 15.6 Å². The van der Waals surface area contributed by atoms with Crippen LogP contribution in [0.2, 0.25) is 0 Å². The third-order valence-corrected chi connectivity index (χ3v) is 6.61. The molecule has 0 aromatic heterocycles. The minimum atomic E-state index is -3.53. The highest BCUT2D eigenvalue weighted by atomic mass is 32.2. The van der Waals surface area contributed by atoms with Crippen molar-refractivity contribution in [2.75, 3.05) is 19.7 Å². The number of nitrogens with one attached hydrogen (secondary N) is 2. The number of sulfonamides is 1. The molecule has 0 aliphatic carbocycles. The highest BCUT2D eigenvalue weighted by Gasteiger charge is 2.27. The van der Waals surface area contributed by atoms with E-state index in [9.17, 15) is 18.0 Å². The number of hydrazine groups is 1. The number of aryl methyl sites for hydroxylation is 2. The second-order valence-electron chi connectivity index (χ2n) is 7.25. The van der Waals surface area contributed by atoms with Gasteiger partial charge in [0.2, 0.25) is 10.0 Å². The van der Waals surface area contributed by atoms with E-state index in [1.165, 1.54) is 28.6 Å². The number of hydrogen-bond donors (Lipinski definition) is 2. The molecule has 0 radical (unpaired) electrons. The summed E-state index contributed by atoms with van der Waals surface area (Å²) >= 11 is 0. The SMILES string of the molecule is Cc1cc(C)cc(OCC(=O)NNC(=O)c2ccc(S(=O)(=O)N3CCCC3)cc2)c1. The fourth-order valence-corrected chi connectivity index (χ4v) is 4.77. The van der Waals surface area contributed by atoms with Crippen molar-refractivity contribution in [2.24, 2.45) is 0 Å². The van der Waals surface area contributed by atoms with E-state index in [4.69, 9.17) is 4.74 Å². The van der Waals surface area contributed by atoms with Gasteiger partial charge in [-0.25, -0.2) is 8.42 Å². The normalized spacial score (nSPS) is 14.3. The van der Waals surface area contributed by atoms with Gasteiger partial charge in [-0.15, -0.1) is 0 Å². The van der Waals surface area contributed by atoms with E-state index in [2.05, 4.69) is 10.9 Å². The van der Waals surface area contributed by atoms with Crippen molar-refractivity contribution in [1.82, 2.24) is 15.2 Å². The first-order valence-electron chi connectivity index (χ1n) is 9.66. The predicted octanol–water partition coefficient (Wildman–Crippen LogP) is 1.93. The lowest BCUT2D eigenvalue weighted by molar-refractivity contribution is -0.123. The summed E-state index contributed by atoms with van der Waals surface area (Å²) in [4.78, 5) is 24.3. The molecule has 1 aliphatic heterocycles. The lowest BCUT2D eigenvalue weighted by atomic mass is 10.1. The molecule has 0 spiro atoms. The summed E-state index contributed by atoms with van der Waals surface area (Å²) < 4.78 is 31.9. The monoisotopic (exact) mass is 431 g/mol. The molecule has 1 heterocycles. The first-order chi connectivity index (χ1) is 14.3. The largest absolute Gasteiger partial charge is 0.484 e. The van der Waals surface area contributed by atoms with Gasteiger partial charge >= 0.3 is 0 Å². The van der Waals surface area contributed by atoms with Gasteiger partial charge in [0.25, 0.3) is 11.8 Å². The van der Waals surface area contributed by atoms with Gasteiger partial charge in [-0.2, -0.15) is 4.31 Å². The molecule has 1 saturated heterocycles. The van der Waals surface area contributed by atoms with E-state index in [0.717, 1.165) is 24.0 Å². The standard InChI is InChI=1S/C21H25N3O5S/c1-15-11-16(2)13-18(12-15)29-14-20(25)22-23-21(26)17-5-7-19(8-6-17)30(27,28)24-9-3-4-10-24/h5-8,11-13H,3-4,9-10,14H2,1-2H3,(H,22,25)(H,23,26). The lowest BCUT2D eigenvalue weighted by Crippen LogP contribution is -2.43. The number of ether oxygens (including phenoxy) is 1. The highest BCUT2D eigenvalue weighted by molar-refractivity contribution is 7.89. The molecule has 0 unspecified atom stereocenters. The molecule has 9 heteroatoms. The topological polar surface area (TPSA) is 105 Å². The first kappa shape index (κ1) is 21.8. The van der Waals surface area contributed by atoms with Crippen molar-refractivity contribution in [1.29, 1.82) is 0 Å². The Kier molecular flexibility index (Phi) is 6.73. The molecule has 2 aromatic carbocycles. The number of carbonyl (C=O) groups is 2. The number of amides is 2. The summed E-state index contributed by atoms with van der Waals surface area (Å²) in [6.45, 7) is 4.64. The Hall–Kier alpha value is -2.91. The summed E-state index contributed by atoms with van der Waals surface area (Å²) in [6, 6.07) is 11.2. The van der Waals surface area contributed by atoms with Crippen LogP contribution in [-0.4, -0.2) is 44.2 Å². The number of hydrogen-bond acceptors (Lipinski definition) is 5. The summed E-state index contributed by atoms with van der Waals surface area (Å²) in [5.74, 6) is -0.501. The Morgan fingerprint density at radius 3 is 2.17 bits per heavy atom. The molecule has 2 N–H and O–H groups in total. The van der Waals surface area contributed by atoms with E-state index in [-0.39, 0.29) is 17.1 Å². The van der Waals surface area contributed by atoms with Crippen LogP contribution in [0, 0.1) is 13.8 Å². The van der Waals surface area contributed by atoms with Crippen LogP contribution in [0.15, 0.2) is 47.4 Å². The Bertz CT molecular complexity index is 1010. The van der Waals surface area contributed by atoms with Crippen molar-refractivity contribution >= 4 is 21.8 Å². The number of carbonyl (C=O) groups excluding carboxylic acids is 2. The van der Waals surface area contributed by atoms with Gasteiger partial charge in [0.05, 0.1) is 4.90 Å². The zero-order chi connectivity index (χ0) is 21.7. The third kappa shape index (κ3) is 5.37. The molecule has 0 atom stereocenters. The summed E-state index contributed by atoms with van der Waals surface area (Å²) in [7, 11) is -3.53. The van der Waals surface area contributed by atoms with Crippen molar-refractivity contribution < 1.29 is 22.7 Å². The Labute approximate surface area is 176 Å². The zero-order valence-corrected chi connectivity index (χ0v) is 17.8. The van der Waals surface area contributed by atoms with Crippen molar-refractivity contribution in [3.05, 3.63) is 59.2 Å². The summed E-state index contributed by atoms with van der Waals surface area (Å²) in [5, 5.41) is 0. The van der Waals surface area contributed by atoms with Crippen LogP contribution in [0.3, 0.4) is 0 Å². The number of rotatable bonds is 6. The fourth-order valence-electron chi connectivity index (χ4n) is 3.26.